The third-order valence-electron chi connectivity index (χ3n) is 3.47. The average Bonchev–Trinajstić information content (AvgIpc) is 2.79. The Kier molecular flexibility index (Phi) is 4.83. The maximum absolute atomic E-state index is 4.73. The highest BCUT2D eigenvalue weighted by atomic mass is 15.4. The van der Waals surface area contributed by atoms with Crippen molar-refractivity contribution in [3.8, 4) is 0 Å². The Morgan fingerprint density at radius 1 is 1.32 bits per heavy atom. The third kappa shape index (κ3) is 3.98. The molecule has 1 atom stereocenters. The molecule has 1 aliphatic rings. The second-order valence-corrected chi connectivity index (χ2v) is 5.63. The number of hydrogen-bond donors (Lipinski definition) is 1. The maximum Gasteiger partial charge on any atom is 0.194 e. The second kappa shape index (κ2) is 6.60. The molecule has 1 fully saturated rings. The first kappa shape index (κ1) is 13.9. The molecule has 104 valence electrons. The quantitative estimate of drug-likeness (QED) is 0.880. The van der Waals surface area contributed by atoms with Crippen molar-refractivity contribution < 1.29 is 0 Å². The van der Waals surface area contributed by atoms with Crippen LogP contribution < -0.4 is 5.32 Å². The number of aliphatic imine (C=N–C) groups is 1. The molecule has 3 nitrogen and oxygen atoms in total. The smallest absolute Gasteiger partial charge is 0.194 e. The van der Waals surface area contributed by atoms with E-state index >= 15 is 0 Å². The van der Waals surface area contributed by atoms with Gasteiger partial charge in [0.15, 0.2) is 5.96 Å². The van der Waals surface area contributed by atoms with Gasteiger partial charge in [-0.3, -0.25) is 0 Å². The van der Waals surface area contributed by atoms with E-state index in [0.29, 0.717) is 6.04 Å². The largest absolute Gasteiger partial charge is 0.352 e. The number of guanidine groups is 1. The van der Waals surface area contributed by atoms with Gasteiger partial charge in [-0.05, 0) is 24.8 Å². The molecule has 1 unspecified atom stereocenters. The lowest BCUT2D eigenvalue weighted by molar-refractivity contribution is 0.410. The van der Waals surface area contributed by atoms with Crippen LogP contribution in [0.3, 0.4) is 0 Å². The third-order valence-corrected chi connectivity index (χ3v) is 3.47. The van der Waals surface area contributed by atoms with Crippen molar-refractivity contribution in [1.29, 1.82) is 0 Å². The zero-order valence-corrected chi connectivity index (χ0v) is 12.3. The summed E-state index contributed by atoms with van der Waals surface area (Å²) >= 11 is 0. The lowest BCUT2D eigenvalue weighted by Crippen LogP contribution is -2.31. The van der Waals surface area contributed by atoms with Gasteiger partial charge in [0.25, 0.3) is 0 Å². The lowest BCUT2D eigenvalue weighted by Gasteiger charge is -2.14. The topological polar surface area (TPSA) is 27.6 Å². The molecule has 1 aliphatic heterocycles. The van der Waals surface area contributed by atoms with Crippen LogP contribution in [0.4, 0.5) is 0 Å². The van der Waals surface area contributed by atoms with Crippen molar-refractivity contribution in [2.24, 2.45) is 10.9 Å². The molecule has 1 heterocycles. The molecule has 1 aromatic rings. The molecule has 0 bridgehead atoms. The highest BCUT2D eigenvalue weighted by Gasteiger charge is 2.25. The molecule has 0 radical (unpaired) electrons. The van der Waals surface area contributed by atoms with Gasteiger partial charge >= 0.3 is 0 Å². The van der Waals surface area contributed by atoms with Crippen molar-refractivity contribution >= 4 is 5.96 Å². The number of hydrogen-bond acceptors (Lipinski definition) is 1. The van der Waals surface area contributed by atoms with Gasteiger partial charge in [0.1, 0.15) is 0 Å². The fourth-order valence-corrected chi connectivity index (χ4v) is 2.55. The van der Waals surface area contributed by atoms with Crippen LogP contribution in [0.25, 0.3) is 0 Å². The van der Waals surface area contributed by atoms with E-state index in [0.717, 1.165) is 31.5 Å². The second-order valence-electron chi connectivity index (χ2n) is 5.63. The predicted octanol–water partition coefficient (Wildman–Crippen LogP) is 2.88. The molecule has 1 N–H and O–H groups in total. The van der Waals surface area contributed by atoms with Crippen LogP contribution in [0.5, 0.6) is 0 Å². The predicted molar refractivity (Wildman–Crippen MR) is 81.2 cm³/mol. The summed E-state index contributed by atoms with van der Waals surface area (Å²) in [5.74, 6) is 1.79. The van der Waals surface area contributed by atoms with Crippen molar-refractivity contribution in [1.82, 2.24) is 10.2 Å². The van der Waals surface area contributed by atoms with Crippen LogP contribution >= 0.6 is 0 Å². The Hall–Kier alpha value is -1.51. The Labute approximate surface area is 116 Å². The molecule has 0 saturated carbocycles. The van der Waals surface area contributed by atoms with E-state index in [4.69, 9.17) is 4.99 Å². The Morgan fingerprint density at radius 2 is 2.05 bits per heavy atom. The minimum absolute atomic E-state index is 0.550. The molecule has 0 aliphatic carbocycles. The molecule has 1 saturated heterocycles. The normalized spacial score (nSPS) is 21.2. The summed E-state index contributed by atoms with van der Waals surface area (Å²) in [6.07, 6.45) is 1.21. The molecular formula is C16H25N3. The molecule has 0 spiro atoms. The molecule has 1 aromatic carbocycles. The van der Waals surface area contributed by atoms with E-state index < -0.39 is 0 Å². The van der Waals surface area contributed by atoms with Gasteiger partial charge in [0.2, 0.25) is 0 Å². The summed E-state index contributed by atoms with van der Waals surface area (Å²) in [5, 5.41) is 3.57. The first-order valence-electron chi connectivity index (χ1n) is 7.29. The minimum atomic E-state index is 0.550. The first-order chi connectivity index (χ1) is 9.19. The standard InChI is InChI=1S/C16H25N3/c1-4-19-12-15(10-13(2)3)18-16(19)17-11-14-8-6-5-7-9-14/h5-9,13,15H,4,10-12H2,1-3H3,(H,17,18). The number of nitrogens with one attached hydrogen (secondary N) is 1. The highest BCUT2D eigenvalue weighted by molar-refractivity contribution is 5.82. The molecule has 2 rings (SSSR count). The van der Waals surface area contributed by atoms with E-state index in [9.17, 15) is 0 Å². The number of likely N-dealkylation sites (N-methyl/N-ethyl adjacent to an activating group) is 1. The Balaban J connectivity index is 1.98. The summed E-state index contributed by atoms with van der Waals surface area (Å²) in [5.41, 5.74) is 1.26. The average molecular weight is 259 g/mol. The molecule has 19 heavy (non-hydrogen) atoms. The van der Waals surface area contributed by atoms with Gasteiger partial charge < -0.3 is 10.2 Å². The van der Waals surface area contributed by atoms with Crippen LogP contribution in [0.1, 0.15) is 32.8 Å². The summed E-state index contributed by atoms with van der Waals surface area (Å²) in [4.78, 5) is 7.08. The highest BCUT2D eigenvalue weighted by Crippen LogP contribution is 2.13. The SMILES string of the molecule is CCN1CC(CC(C)C)NC1=NCc1ccccc1. The lowest BCUT2D eigenvalue weighted by atomic mass is 10.0. The van der Waals surface area contributed by atoms with Gasteiger partial charge in [-0.15, -0.1) is 0 Å². The van der Waals surface area contributed by atoms with Crippen molar-refractivity contribution in [2.75, 3.05) is 13.1 Å². The zero-order chi connectivity index (χ0) is 13.7. The number of rotatable bonds is 5. The Bertz CT molecular complexity index is 411. The van der Waals surface area contributed by atoms with E-state index in [1.165, 1.54) is 12.0 Å². The van der Waals surface area contributed by atoms with E-state index in [-0.39, 0.29) is 0 Å². The van der Waals surface area contributed by atoms with E-state index in [2.05, 4.69) is 55.3 Å². The molecule has 0 aromatic heterocycles. The van der Waals surface area contributed by atoms with Crippen molar-refractivity contribution in [3.05, 3.63) is 35.9 Å². The van der Waals surface area contributed by atoms with Gasteiger partial charge in [0.05, 0.1) is 6.54 Å². The van der Waals surface area contributed by atoms with Crippen LogP contribution in [-0.4, -0.2) is 30.0 Å². The van der Waals surface area contributed by atoms with Crippen LogP contribution in [-0.2, 0) is 6.54 Å². The van der Waals surface area contributed by atoms with Gasteiger partial charge in [-0.25, -0.2) is 4.99 Å². The van der Waals surface area contributed by atoms with Gasteiger partial charge in [0, 0.05) is 19.1 Å². The van der Waals surface area contributed by atoms with E-state index in [1.54, 1.807) is 0 Å². The first-order valence-corrected chi connectivity index (χ1v) is 7.29. The summed E-state index contributed by atoms with van der Waals surface area (Å²) in [7, 11) is 0. The Morgan fingerprint density at radius 3 is 2.68 bits per heavy atom. The van der Waals surface area contributed by atoms with Gasteiger partial charge in [-0.2, -0.15) is 0 Å². The zero-order valence-electron chi connectivity index (χ0n) is 12.3. The molecular weight excluding hydrogens is 234 g/mol. The number of nitrogens with zero attached hydrogens (tertiary/aromatic N) is 2. The molecule has 3 heteroatoms. The van der Waals surface area contributed by atoms with Crippen LogP contribution in [0, 0.1) is 5.92 Å². The fraction of sp³-hybridized carbons (Fsp3) is 0.562. The molecule has 0 amide bonds. The summed E-state index contributed by atoms with van der Waals surface area (Å²) in [6, 6.07) is 11.0. The summed E-state index contributed by atoms with van der Waals surface area (Å²) in [6.45, 7) is 9.61. The van der Waals surface area contributed by atoms with Crippen LogP contribution in [0.2, 0.25) is 0 Å². The summed E-state index contributed by atoms with van der Waals surface area (Å²) < 4.78 is 0. The monoisotopic (exact) mass is 259 g/mol. The minimum Gasteiger partial charge on any atom is -0.352 e. The number of benzene rings is 1. The van der Waals surface area contributed by atoms with Crippen molar-refractivity contribution in [3.63, 3.8) is 0 Å². The van der Waals surface area contributed by atoms with Crippen molar-refractivity contribution in [2.45, 2.75) is 39.8 Å². The van der Waals surface area contributed by atoms with Crippen LogP contribution in [0.15, 0.2) is 35.3 Å². The van der Waals surface area contributed by atoms with Gasteiger partial charge in [-0.1, -0.05) is 44.2 Å². The maximum atomic E-state index is 4.73. The van der Waals surface area contributed by atoms with E-state index in [1.807, 2.05) is 6.07 Å². The fourth-order valence-electron chi connectivity index (χ4n) is 2.55.